The number of benzene rings is 2. The van der Waals surface area contributed by atoms with Crippen LogP contribution in [0.1, 0.15) is 11.1 Å². The van der Waals surface area contributed by atoms with Crippen LogP contribution in [0.25, 0.3) is 17.0 Å². The van der Waals surface area contributed by atoms with E-state index in [0.717, 1.165) is 16.5 Å². The van der Waals surface area contributed by atoms with E-state index in [2.05, 4.69) is 10.3 Å². The molecule has 0 fully saturated rings. The van der Waals surface area contributed by atoms with Crippen molar-refractivity contribution in [1.82, 2.24) is 10.3 Å². The van der Waals surface area contributed by atoms with Crippen molar-refractivity contribution < 1.29 is 9.72 Å². The monoisotopic (exact) mass is 369 g/mol. The van der Waals surface area contributed by atoms with Crippen molar-refractivity contribution in [2.24, 2.45) is 0 Å². The highest BCUT2D eigenvalue weighted by Crippen LogP contribution is 2.25. The minimum absolute atomic E-state index is 0.0651. The van der Waals surface area contributed by atoms with Gasteiger partial charge in [-0.1, -0.05) is 35.9 Å². The summed E-state index contributed by atoms with van der Waals surface area (Å²) in [5, 5.41) is 14.9. The molecule has 0 aliphatic carbocycles. The predicted octanol–water partition coefficient (Wildman–Crippen LogP) is 4.10. The lowest BCUT2D eigenvalue weighted by Crippen LogP contribution is -2.23. The van der Waals surface area contributed by atoms with Crippen molar-refractivity contribution in [2.45, 2.75) is 6.42 Å². The quantitative estimate of drug-likeness (QED) is 0.389. The van der Waals surface area contributed by atoms with E-state index in [0.29, 0.717) is 18.5 Å². The van der Waals surface area contributed by atoms with Gasteiger partial charge >= 0.3 is 0 Å². The summed E-state index contributed by atoms with van der Waals surface area (Å²) in [6.45, 7) is 0.492. The largest absolute Gasteiger partial charge is 0.361 e. The number of nitro benzene ring substituents is 1. The van der Waals surface area contributed by atoms with Crippen LogP contribution in [0.5, 0.6) is 0 Å². The Morgan fingerprint density at radius 2 is 2.08 bits per heavy atom. The van der Waals surface area contributed by atoms with Crippen molar-refractivity contribution in [2.75, 3.05) is 6.54 Å². The summed E-state index contributed by atoms with van der Waals surface area (Å²) < 4.78 is 0. The molecule has 1 heterocycles. The van der Waals surface area contributed by atoms with E-state index in [1.54, 1.807) is 6.07 Å². The lowest BCUT2D eigenvalue weighted by atomic mass is 10.1. The molecule has 3 aromatic rings. The third-order valence-electron chi connectivity index (χ3n) is 3.96. The number of rotatable bonds is 6. The van der Waals surface area contributed by atoms with Crippen LogP contribution in [0.3, 0.4) is 0 Å². The Kier molecular flexibility index (Phi) is 5.34. The molecule has 7 heteroatoms. The Bertz CT molecular complexity index is 995. The molecule has 0 radical (unpaired) electrons. The first-order chi connectivity index (χ1) is 12.5. The van der Waals surface area contributed by atoms with Gasteiger partial charge in [-0.25, -0.2) is 0 Å². The van der Waals surface area contributed by atoms with E-state index in [1.807, 2.05) is 30.5 Å². The number of fused-ring (bicyclic) bond motifs is 1. The summed E-state index contributed by atoms with van der Waals surface area (Å²) in [5.41, 5.74) is 2.55. The molecule has 6 nitrogen and oxygen atoms in total. The summed E-state index contributed by atoms with van der Waals surface area (Å²) in [6, 6.07) is 12.4. The van der Waals surface area contributed by atoms with Crippen LogP contribution in [0.2, 0.25) is 5.02 Å². The number of aromatic amines is 1. The number of hydrogen-bond donors (Lipinski definition) is 2. The van der Waals surface area contributed by atoms with Gasteiger partial charge in [0.05, 0.1) is 4.92 Å². The van der Waals surface area contributed by atoms with E-state index >= 15 is 0 Å². The number of H-pyrrole nitrogens is 1. The molecule has 0 spiro atoms. The van der Waals surface area contributed by atoms with Crippen molar-refractivity contribution >= 4 is 40.2 Å². The second-order valence-corrected chi connectivity index (χ2v) is 6.11. The summed E-state index contributed by atoms with van der Waals surface area (Å²) in [6.07, 6.45) is 5.52. The number of nitrogens with one attached hydrogen (secondary N) is 2. The van der Waals surface area contributed by atoms with E-state index in [4.69, 9.17) is 11.6 Å². The van der Waals surface area contributed by atoms with Gasteiger partial charge in [0.25, 0.3) is 5.69 Å². The molecule has 2 N–H and O–H groups in total. The fourth-order valence-corrected chi connectivity index (χ4v) is 2.85. The molecular weight excluding hydrogens is 354 g/mol. The molecule has 0 bridgehead atoms. The smallest absolute Gasteiger partial charge is 0.288 e. The first kappa shape index (κ1) is 17.7. The van der Waals surface area contributed by atoms with Crippen LogP contribution >= 0.6 is 11.6 Å². The lowest BCUT2D eigenvalue weighted by molar-refractivity contribution is -0.384. The normalized spacial score (nSPS) is 11.1. The predicted molar refractivity (Wildman–Crippen MR) is 102 cm³/mol. The van der Waals surface area contributed by atoms with Crippen LogP contribution < -0.4 is 5.32 Å². The average molecular weight is 370 g/mol. The number of hydrogen-bond acceptors (Lipinski definition) is 3. The zero-order chi connectivity index (χ0) is 18.5. The standard InChI is InChI=1S/C19H16ClN3O3/c20-16-7-5-13(11-18(16)23(25)26)6-8-19(24)21-10-9-14-12-22-17-4-2-1-3-15(14)17/h1-8,11-12,22H,9-10H2,(H,21,24)/b8-6+. The molecule has 0 aliphatic rings. The maximum absolute atomic E-state index is 11.9. The highest BCUT2D eigenvalue weighted by atomic mass is 35.5. The number of halogens is 1. The van der Waals surface area contributed by atoms with E-state index in [9.17, 15) is 14.9 Å². The average Bonchev–Trinajstić information content (AvgIpc) is 3.04. The van der Waals surface area contributed by atoms with Gasteiger partial charge in [0.1, 0.15) is 5.02 Å². The maximum Gasteiger partial charge on any atom is 0.288 e. The molecule has 0 unspecified atom stereocenters. The highest BCUT2D eigenvalue weighted by Gasteiger charge is 2.11. The summed E-state index contributed by atoms with van der Waals surface area (Å²) in [5.74, 6) is -0.262. The minimum Gasteiger partial charge on any atom is -0.361 e. The van der Waals surface area contributed by atoms with Gasteiger partial charge in [-0.05, 0) is 35.8 Å². The summed E-state index contributed by atoms with van der Waals surface area (Å²) in [7, 11) is 0. The van der Waals surface area contributed by atoms with Gasteiger partial charge < -0.3 is 10.3 Å². The fourth-order valence-electron chi connectivity index (χ4n) is 2.66. The Morgan fingerprint density at radius 1 is 1.27 bits per heavy atom. The first-order valence-electron chi connectivity index (χ1n) is 7.99. The zero-order valence-corrected chi connectivity index (χ0v) is 14.5. The molecule has 2 aromatic carbocycles. The van der Waals surface area contributed by atoms with Crippen molar-refractivity contribution in [3.05, 3.63) is 81.0 Å². The van der Waals surface area contributed by atoms with Crippen LogP contribution in [0.4, 0.5) is 5.69 Å². The van der Waals surface area contributed by atoms with Gasteiger partial charge in [0.2, 0.25) is 5.91 Å². The fraction of sp³-hybridized carbons (Fsp3) is 0.105. The third-order valence-corrected chi connectivity index (χ3v) is 4.28. The van der Waals surface area contributed by atoms with Gasteiger partial charge in [-0.15, -0.1) is 0 Å². The molecule has 0 atom stereocenters. The third kappa shape index (κ3) is 4.10. The number of nitrogens with zero attached hydrogens (tertiary/aromatic N) is 1. The number of para-hydroxylation sites is 1. The molecule has 3 rings (SSSR count). The SMILES string of the molecule is O=C(/C=C/c1ccc(Cl)c([N+](=O)[O-])c1)NCCc1c[nH]c2ccccc12. The van der Waals surface area contributed by atoms with E-state index < -0.39 is 4.92 Å². The minimum atomic E-state index is -0.555. The van der Waals surface area contributed by atoms with Crippen LogP contribution in [0, 0.1) is 10.1 Å². The van der Waals surface area contributed by atoms with Gasteiger partial charge in [0, 0.05) is 35.8 Å². The second kappa shape index (κ2) is 7.84. The van der Waals surface area contributed by atoms with Crippen molar-refractivity contribution in [3.63, 3.8) is 0 Å². The van der Waals surface area contributed by atoms with Gasteiger partial charge in [-0.3, -0.25) is 14.9 Å². The molecule has 0 saturated carbocycles. The Labute approximate surface area is 154 Å². The van der Waals surface area contributed by atoms with E-state index in [1.165, 1.54) is 24.3 Å². The molecule has 1 amide bonds. The zero-order valence-electron chi connectivity index (χ0n) is 13.7. The lowest BCUT2D eigenvalue weighted by Gasteiger charge is -2.02. The van der Waals surface area contributed by atoms with E-state index in [-0.39, 0.29) is 16.6 Å². The summed E-state index contributed by atoms with van der Waals surface area (Å²) >= 11 is 5.77. The molecule has 132 valence electrons. The number of aromatic nitrogens is 1. The molecular formula is C19H16ClN3O3. The molecule has 1 aromatic heterocycles. The Hall–Kier alpha value is -3.12. The molecule has 0 aliphatic heterocycles. The number of amides is 1. The second-order valence-electron chi connectivity index (χ2n) is 5.70. The van der Waals surface area contributed by atoms with Crippen molar-refractivity contribution in [1.29, 1.82) is 0 Å². The topological polar surface area (TPSA) is 88.0 Å². The van der Waals surface area contributed by atoms with Gasteiger partial charge in [0.15, 0.2) is 0 Å². The summed E-state index contributed by atoms with van der Waals surface area (Å²) in [4.78, 5) is 25.4. The highest BCUT2D eigenvalue weighted by molar-refractivity contribution is 6.32. The number of carbonyl (C=O) groups is 1. The Balaban J connectivity index is 1.56. The number of nitro groups is 1. The van der Waals surface area contributed by atoms with Crippen molar-refractivity contribution in [3.8, 4) is 0 Å². The molecule has 0 saturated heterocycles. The van der Waals surface area contributed by atoms with Crippen LogP contribution in [0.15, 0.2) is 54.7 Å². The maximum atomic E-state index is 11.9. The first-order valence-corrected chi connectivity index (χ1v) is 8.37. The van der Waals surface area contributed by atoms with Gasteiger partial charge in [-0.2, -0.15) is 0 Å². The Morgan fingerprint density at radius 3 is 2.88 bits per heavy atom. The number of carbonyl (C=O) groups excluding carboxylic acids is 1. The molecule has 26 heavy (non-hydrogen) atoms. The van der Waals surface area contributed by atoms with Crippen LogP contribution in [-0.2, 0) is 11.2 Å². The van der Waals surface area contributed by atoms with Crippen LogP contribution in [-0.4, -0.2) is 22.4 Å².